The van der Waals surface area contributed by atoms with Crippen LogP contribution in [0.4, 0.5) is 0 Å². The maximum Gasteiger partial charge on any atom is 0.347 e. The molecule has 0 unspecified atom stereocenters. The Morgan fingerprint density at radius 3 is 2.29 bits per heavy atom. The van der Waals surface area contributed by atoms with Crippen molar-refractivity contribution in [2.75, 3.05) is 0 Å². The molecule has 0 aliphatic rings. The van der Waals surface area contributed by atoms with E-state index in [1.807, 2.05) is 0 Å². The average molecular weight is 302 g/mol. The highest BCUT2D eigenvalue weighted by Gasteiger charge is 2.26. The summed E-state index contributed by atoms with van der Waals surface area (Å²) in [5, 5.41) is 9.25. The van der Waals surface area contributed by atoms with Crippen molar-refractivity contribution in [1.29, 1.82) is 0 Å². The Balaban J connectivity index is 2.58. The van der Waals surface area contributed by atoms with Gasteiger partial charge in [-0.2, -0.15) is 0 Å². The highest BCUT2D eigenvalue weighted by atomic mass is 32.2. The van der Waals surface area contributed by atoms with Crippen LogP contribution in [0.3, 0.4) is 0 Å². The van der Waals surface area contributed by atoms with Gasteiger partial charge < -0.3 is 5.11 Å². The maximum atomic E-state index is 12.5. The number of aliphatic carboxylic acids is 1. The Kier molecular flexibility index (Phi) is 4.23. The van der Waals surface area contributed by atoms with Crippen molar-refractivity contribution < 1.29 is 18.3 Å². The molecule has 0 heterocycles. The molecule has 5 heteroatoms. The minimum atomic E-state index is -4.06. The number of hydrogen-bond donors (Lipinski definition) is 1. The van der Waals surface area contributed by atoms with Gasteiger partial charge in [0.15, 0.2) is 4.91 Å². The van der Waals surface area contributed by atoms with Crippen LogP contribution in [0.5, 0.6) is 0 Å². The topological polar surface area (TPSA) is 71.4 Å². The molecule has 0 fully saturated rings. The second-order valence-corrected chi connectivity index (χ2v) is 6.46. The molecule has 0 atom stereocenters. The monoisotopic (exact) mass is 302 g/mol. The molecule has 0 saturated carbocycles. The Bertz CT molecular complexity index is 790. The summed E-state index contributed by atoms with van der Waals surface area (Å²) in [4.78, 5) is 10.7. The molecule has 0 aliphatic carbocycles. The molecule has 4 nitrogen and oxygen atoms in total. The van der Waals surface area contributed by atoms with E-state index in [1.165, 1.54) is 18.2 Å². The summed E-state index contributed by atoms with van der Waals surface area (Å²) in [6.07, 6.45) is 1.17. The van der Waals surface area contributed by atoms with Crippen LogP contribution in [0.1, 0.15) is 11.1 Å². The van der Waals surface area contributed by atoms with Gasteiger partial charge in [0.05, 0.1) is 4.90 Å². The number of carboxylic acid groups (broad SMARTS) is 1. The van der Waals surface area contributed by atoms with Crippen molar-refractivity contribution in [2.24, 2.45) is 0 Å². The molecule has 0 amide bonds. The Hall–Kier alpha value is -2.40. The van der Waals surface area contributed by atoms with E-state index in [0.29, 0.717) is 5.56 Å². The number of hydrogen-bond acceptors (Lipinski definition) is 3. The predicted molar refractivity (Wildman–Crippen MR) is 80.4 cm³/mol. The van der Waals surface area contributed by atoms with Crippen LogP contribution >= 0.6 is 0 Å². The molecule has 2 aromatic rings. The number of benzene rings is 2. The number of carbonyl (C=O) groups is 1. The SMILES string of the molecule is Cc1cccc(S(=O)(=O)/C(=C\c2ccccc2)C(=O)O)c1. The fourth-order valence-corrected chi connectivity index (χ4v) is 3.24. The molecule has 2 rings (SSSR count). The summed E-state index contributed by atoms with van der Waals surface area (Å²) in [5.41, 5.74) is 1.27. The van der Waals surface area contributed by atoms with Gasteiger partial charge in [-0.15, -0.1) is 0 Å². The lowest BCUT2D eigenvalue weighted by Crippen LogP contribution is -2.13. The molecule has 1 N–H and O–H groups in total. The smallest absolute Gasteiger partial charge is 0.347 e. The molecule has 0 aliphatic heterocycles. The van der Waals surface area contributed by atoms with E-state index in [4.69, 9.17) is 0 Å². The minimum Gasteiger partial charge on any atom is -0.477 e. The molecule has 108 valence electrons. The molecule has 0 aromatic heterocycles. The van der Waals surface area contributed by atoms with E-state index in [9.17, 15) is 18.3 Å². The Morgan fingerprint density at radius 1 is 1.05 bits per heavy atom. The maximum absolute atomic E-state index is 12.5. The number of aryl methyl sites for hydroxylation is 1. The van der Waals surface area contributed by atoms with Crippen LogP contribution in [-0.4, -0.2) is 19.5 Å². The Labute approximate surface area is 123 Å². The number of carboxylic acids is 1. The van der Waals surface area contributed by atoms with Gasteiger partial charge in [-0.05, 0) is 36.3 Å². The van der Waals surface area contributed by atoms with Gasteiger partial charge in [-0.25, -0.2) is 13.2 Å². The summed E-state index contributed by atoms with van der Waals surface area (Å²) in [6.45, 7) is 1.75. The third kappa shape index (κ3) is 3.38. The van der Waals surface area contributed by atoms with Crippen LogP contribution in [0, 0.1) is 6.92 Å². The van der Waals surface area contributed by atoms with Crippen molar-refractivity contribution in [3.8, 4) is 0 Å². The fraction of sp³-hybridized carbons (Fsp3) is 0.0625. The molecular formula is C16H14O4S. The lowest BCUT2D eigenvalue weighted by molar-refractivity contribution is -0.131. The standard InChI is InChI=1S/C16H14O4S/c1-12-6-5-9-14(10-12)21(19,20)15(16(17)18)11-13-7-3-2-4-8-13/h2-11H,1H3,(H,17,18)/b15-11-. The van der Waals surface area contributed by atoms with Crippen molar-refractivity contribution in [1.82, 2.24) is 0 Å². The van der Waals surface area contributed by atoms with E-state index in [1.54, 1.807) is 49.4 Å². The first kappa shape index (κ1) is 15.0. The second-order valence-electron chi connectivity index (χ2n) is 4.54. The van der Waals surface area contributed by atoms with Gasteiger partial charge in [0, 0.05) is 0 Å². The summed E-state index contributed by atoms with van der Waals surface area (Å²) < 4.78 is 25.0. The van der Waals surface area contributed by atoms with E-state index < -0.39 is 20.7 Å². The summed E-state index contributed by atoms with van der Waals surface area (Å²) in [5.74, 6) is -1.47. The quantitative estimate of drug-likeness (QED) is 0.882. The van der Waals surface area contributed by atoms with E-state index in [0.717, 1.165) is 5.56 Å². The molecular weight excluding hydrogens is 288 g/mol. The van der Waals surface area contributed by atoms with Crippen molar-refractivity contribution in [2.45, 2.75) is 11.8 Å². The molecule has 0 spiro atoms. The van der Waals surface area contributed by atoms with Crippen LogP contribution in [0.15, 0.2) is 64.4 Å². The zero-order valence-electron chi connectivity index (χ0n) is 11.4. The van der Waals surface area contributed by atoms with Gasteiger partial charge in [-0.3, -0.25) is 0 Å². The third-order valence-corrected chi connectivity index (χ3v) is 4.64. The average Bonchev–Trinajstić information content (AvgIpc) is 2.45. The van der Waals surface area contributed by atoms with Gasteiger partial charge >= 0.3 is 5.97 Å². The first-order valence-electron chi connectivity index (χ1n) is 6.23. The number of sulfone groups is 1. The molecule has 0 radical (unpaired) electrons. The Morgan fingerprint density at radius 2 is 1.71 bits per heavy atom. The summed E-state index contributed by atoms with van der Waals surface area (Å²) in [7, 11) is -4.06. The van der Waals surface area contributed by atoms with Crippen molar-refractivity contribution in [3.63, 3.8) is 0 Å². The van der Waals surface area contributed by atoms with E-state index in [2.05, 4.69) is 0 Å². The molecule has 2 aromatic carbocycles. The normalized spacial score (nSPS) is 12.1. The largest absolute Gasteiger partial charge is 0.477 e. The van der Waals surface area contributed by atoms with Crippen LogP contribution in [0.2, 0.25) is 0 Å². The van der Waals surface area contributed by atoms with Gasteiger partial charge in [-0.1, -0.05) is 42.5 Å². The highest BCUT2D eigenvalue weighted by Crippen LogP contribution is 2.22. The highest BCUT2D eigenvalue weighted by molar-refractivity contribution is 7.96. The third-order valence-electron chi connectivity index (χ3n) is 2.90. The van der Waals surface area contributed by atoms with Crippen LogP contribution in [-0.2, 0) is 14.6 Å². The zero-order chi connectivity index (χ0) is 15.5. The predicted octanol–water partition coefficient (Wildman–Crippen LogP) is 2.89. The van der Waals surface area contributed by atoms with Crippen LogP contribution < -0.4 is 0 Å². The van der Waals surface area contributed by atoms with E-state index >= 15 is 0 Å². The minimum absolute atomic E-state index is 0.0212. The summed E-state index contributed by atoms with van der Waals surface area (Å²) >= 11 is 0. The molecule has 21 heavy (non-hydrogen) atoms. The lowest BCUT2D eigenvalue weighted by atomic mass is 10.2. The molecule has 0 bridgehead atoms. The number of rotatable bonds is 4. The van der Waals surface area contributed by atoms with Gasteiger partial charge in [0.2, 0.25) is 9.84 Å². The molecule has 0 saturated heterocycles. The summed E-state index contributed by atoms with van der Waals surface area (Å²) in [6, 6.07) is 14.7. The first-order chi connectivity index (χ1) is 9.91. The zero-order valence-corrected chi connectivity index (χ0v) is 12.2. The van der Waals surface area contributed by atoms with Crippen molar-refractivity contribution in [3.05, 3.63) is 70.6 Å². The van der Waals surface area contributed by atoms with Crippen molar-refractivity contribution >= 4 is 21.9 Å². The lowest BCUT2D eigenvalue weighted by Gasteiger charge is -2.06. The van der Waals surface area contributed by atoms with Crippen LogP contribution in [0.25, 0.3) is 6.08 Å². The first-order valence-corrected chi connectivity index (χ1v) is 7.71. The van der Waals surface area contributed by atoms with Gasteiger partial charge in [0.25, 0.3) is 0 Å². The van der Waals surface area contributed by atoms with E-state index in [-0.39, 0.29) is 4.90 Å². The fourth-order valence-electron chi connectivity index (χ4n) is 1.86. The second kappa shape index (κ2) is 5.93. The van der Waals surface area contributed by atoms with Gasteiger partial charge in [0.1, 0.15) is 0 Å².